The molecule has 0 spiro atoms. The SMILES string of the molecule is NS(=O)(=O)c1cccc(CCN2CNC(=O)c3cc(Cl)ccc32)c1. The zero-order chi connectivity index (χ0) is 17.3. The van der Waals surface area contributed by atoms with Gasteiger partial charge in [0.15, 0.2) is 0 Å². The summed E-state index contributed by atoms with van der Waals surface area (Å²) in [6, 6.07) is 11.8. The van der Waals surface area contributed by atoms with Crippen molar-refractivity contribution in [2.75, 3.05) is 18.1 Å². The maximum absolute atomic E-state index is 11.9. The highest BCUT2D eigenvalue weighted by Crippen LogP contribution is 2.27. The molecule has 0 saturated carbocycles. The van der Waals surface area contributed by atoms with Gasteiger partial charge in [0, 0.05) is 11.6 Å². The first kappa shape index (κ1) is 16.8. The van der Waals surface area contributed by atoms with Gasteiger partial charge < -0.3 is 10.2 Å². The molecule has 8 heteroatoms. The lowest BCUT2D eigenvalue weighted by atomic mass is 10.1. The quantitative estimate of drug-likeness (QED) is 0.863. The van der Waals surface area contributed by atoms with E-state index in [1.165, 1.54) is 6.07 Å². The van der Waals surface area contributed by atoms with Crippen LogP contribution in [0, 0.1) is 0 Å². The Morgan fingerprint density at radius 3 is 2.75 bits per heavy atom. The number of fused-ring (bicyclic) bond motifs is 1. The van der Waals surface area contributed by atoms with Crippen LogP contribution in [0.25, 0.3) is 0 Å². The van der Waals surface area contributed by atoms with Crippen molar-refractivity contribution in [2.24, 2.45) is 5.14 Å². The highest BCUT2D eigenvalue weighted by atomic mass is 35.5. The number of hydrogen-bond acceptors (Lipinski definition) is 4. The number of anilines is 1. The van der Waals surface area contributed by atoms with Crippen LogP contribution < -0.4 is 15.4 Å². The summed E-state index contributed by atoms with van der Waals surface area (Å²) >= 11 is 5.96. The van der Waals surface area contributed by atoms with Gasteiger partial charge in [0.25, 0.3) is 5.91 Å². The summed E-state index contributed by atoms with van der Waals surface area (Å²) in [7, 11) is -3.71. The Kier molecular flexibility index (Phi) is 4.49. The number of hydrogen-bond donors (Lipinski definition) is 2. The van der Waals surface area contributed by atoms with Crippen molar-refractivity contribution in [1.29, 1.82) is 0 Å². The Morgan fingerprint density at radius 1 is 1.21 bits per heavy atom. The Hall–Kier alpha value is -2.09. The van der Waals surface area contributed by atoms with Crippen LogP contribution >= 0.6 is 11.6 Å². The molecule has 126 valence electrons. The molecule has 1 aliphatic rings. The number of nitrogens with one attached hydrogen (secondary N) is 1. The van der Waals surface area contributed by atoms with E-state index in [-0.39, 0.29) is 10.8 Å². The van der Waals surface area contributed by atoms with Crippen molar-refractivity contribution in [3.8, 4) is 0 Å². The molecule has 1 heterocycles. The van der Waals surface area contributed by atoms with Crippen molar-refractivity contribution in [1.82, 2.24) is 5.32 Å². The molecule has 24 heavy (non-hydrogen) atoms. The Bertz CT molecular complexity index is 899. The summed E-state index contributed by atoms with van der Waals surface area (Å²) in [6.45, 7) is 1.01. The summed E-state index contributed by atoms with van der Waals surface area (Å²) in [5, 5.41) is 8.47. The van der Waals surface area contributed by atoms with Crippen LogP contribution in [0.15, 0.2) is 47.4 Å². The predicted octanol–water partition coefficient (Wildman–Crippen LogP) is 1.74. The van der Waals surface area contributed by atoms with Gasteiger partial charge in [-0.1, -0.05) is 23.7 Å². The van der Waals surface area contributed by atoms with Crippen molar-refractivity contribution < 1.29 is 13.2 Å². The van der Waals surface area contributed by atoms with Crippen molar-refractivity contribution in [2.45, 2.75) is 11.3 Å². The molecular weight excluding hydrogens is 350 g/mol. The predicted molar refractivity (Wildman–Crippen MR) is 92.7 cm³/mol. The molecule has 0 unspecified atom stereocenters. The maximum atomic E-state index is 11.9. The number of nitrogens with two attached hydrogens (primary N) is 1. The molecule has 3 rings (SSSR count). The molecule has 2 aromatic rings. The minimum atomic E-state index is -3.71. The zero-order valence-corrected chi connectivity index (χ0v) is 14.3. The summed E-state index contributed by atoms with van der Waals surface area (Å²) < 4.78 is 22.9. The van der Waals surface area contributed by atoms with E-state index in [1.807, 2.05) is 17.0 Å². The molecule has 0 bridgehead atoms. The average molecular weight is 366 g/mol. The molecule has 1 amide bonds. The minimum absolute atomic E-state index is 0.0964. The van der Waals surface area contributed by atoms with Gasteiger partial charge in [-0.25, -0.2) is 13.6 Å². The lowest BCUT2D eigenvalue weighted by Gasteiger charge is -2.31. The highest BCUT2D eigenvalue weighted by molar-refractivity contribution is 7.89. The topological polar surface area (TPSA) is 92.5 Å². The molecule has 0 atom stereocenters. The Balaban J connectivity index is 1.79. The number of sulfonamides is 1. The molecule has 0 fully saturated rings. The number of nitrogens with zero attached hydrogens (tertiary/aromatic N) is 1. The molecule has 0 aliphatic carbocycles. The molecule has 2 aromatic carbocycles. The molecular formula is C16H16ClN3O3S. The Labute approximate surface area is 145 Å². The van der Waals surface area contributed by atoms with Crippen molar-refractivity contribution in [3.05, 3.63) is 58.6 Å². The summed E-state index contributed by atoms with van der Waals surface area (Å²) in [6.07, 6.45) is 0.612. The van der Waals surface area contributed by atoms with Gasteiger partial charge in [-0.2, -0.15) is 0 Å². The van der Waals surface area contributed by atoms with Crippen LogP contribution in [-0.2, 0) is 16.4 Å². The second-order valence-corrected chi connectivity index (χ2v) is 7.53. The number of amides is 1. The number of carbonyl (C=O) groups is 1. The highest BCUT2D eigenvalue weighted by Gasteiger charge is 2.22. The summed E-state index contributed by atoms with van der Waals surface area (Å²) in [4.78, 5) is 14.0. The van der Waals surface area contributed by atoms with E-state index in [9.17, 15) is 13.2 Å². The molecule has 0 radical (unpaired) electrons. The third-order valence-electron chi connectivity index (χ3n) is 3.87. The maximum Gasteiger partial charge on any atom is 0.254 e. The van der Waals surface area contributed by atoms with Crippen LogP contribution in [0.5, 0.6) is 0 Å². The van der Waals surface area contributed by atoms with E-state index < -0.39 is 10.0 Å². The first-order chi connectivity index (χ1) is 11.3. The summed E-state index contributed by atoms with van der Waals surface area (Å²) in [5.74, 6) is -0.153. The van der Waals surface area contributed by atoms with Gasteiger partial charge in [-0.05, 0) is 42.3 Å². The fourth-order valence-corrected chi connectivity index (χ4v) is 3.41. The van der Waals surface area contributed by atoms with Gasteiger partial charge in [-0.3, -0.25) is 4.79 Å². The number of rotatable bonds is 4. The largest absolute Gasteiger partial charge is 0.353 e. The van der Waals surface area contributed by atoms with Crippen LogP contribution in [0.4, 0.5) is 5.69 Å². The average Bonchev–Trinajstić information content (AvgIpc) is 2.54. The second kappa shape index (κ2) is 6.43. The molecule has 3 N–H and O–H groups in total. The van der Waals surface area contributed by atoms with E-state index in [2.05, 4.69) is 5.32 Å². The first-order valence-corrected chi connectivity index (χ1v) is 9.21. The van der Waals surface area contributed by atoms with E-state index in [4.69, 9.17) is 16.7 Å². The van der Waals surface area contributed by atoms with Gasteiger partial charge in [0.05, 0.1) is 22.8 Å². The zero-order valence-electron chi connectivity index (χ0n) is 12.7. The first-order valence-electron chi connectivity index (χ1n) is 7.29. The van der Waals surface area contributed by atoms with Crippen LogP contribution in [0.2, 0.25) is 5.02 Å². The molecule has 1 aliphatic heterocycles. The number of benzene rings is 2. The van der Waals surface area contributed by atoms with E-state index >= 15 is 0 Å². The number of primary sulfonamides is 1. The second-order valence-electron chi connectivity index (χ2n) is 5.53. The van der Waals surface area contributed by atoms with Crippen molar-refractivity contribution >= 4 is 33.2 Å². The molecule has 6 nitrogen and oxygen atoms in total. The van der Waals surface area contributed by atoms with Gasteiger partial charge >= 0.3 is 0 Å². The lowest BCUT2D eigenvalue weighted by molar-refractivity contribution is 0.0947. The molecule has 0 saturated heterocycles. The van der Waals surface area contributed by atoms with Gasteiger partial charge in [0.1, 0.15) is 0 Å². The third kappa shape index (κ3) is 3.53. The van der Waals surface area contributed by atoms with E-state index in [0.717, 1.165) is 11.3 Å². The van der Waals surface area contributed by atoms with Crippen LogP contribution in [0.1, 0.15) is 15.9 Å². The van der Waals surface area contributed by atoms with Crippen LogP contribution in [-0.4, -0.2) is 27.5 Å². The van der Waals surface area contributed by atoms with Crippen molar-refractivity contribution in [3.63, 3.8) is 0 Å². The normalized spacial score (nSPS) is 14.2. The lowest BCUT2D eigenvalue weighted by Crippen LogP contribution is -2.44. The minimum Gasteiger partial charge on any atom is -0.353 e. The monoisotopic (exact) mass is 365 g/mol. The number of halogens is 1. The smallest absolute Gasteiger partial charge is 0.254 e. The Morgan fingerprint density at radius 2 is 2.00 bits per heavy atom. The standard InChI is InChI=1S/C16H16ClN3O3S/c17-12-4-5-15-14(9-12)16(21)19-10-20(15)7-6-11-2-1-3-13(8-11)24(18,22)23/h1-5,8-9H,6-7,10H2,(H,19,21)(H2,18,22,23). The molecule has 0 aromatic heterocycles. The van der Waals surface area contributed by atoms with Gasteiger partial charge in [0.2, 0.25) is 10.0 Å². The number of carbonyl (C=O) groups excluding carboxylic acids is 1. The van der Waals surface area contributed by atoms with Crippen LogP contribution in [0.3, 0.4) is 0 Å². The van der Waals surface area contributed by atoms with Gasteiger partial charge in [-0.15, -0.1) is 0 Å². The van der Waals surface area contributed by atoms with E-state index in [0.29, 0.717) is 30.2 Å². The fraction of sp³-hybridized carbons (Fsp3) is 0.188. The van der Waals surface area contributed by atoms with E-state index in [1.54, 1.807) is 24.3 Å². The summed E-state index contributed by atoms with van der Waals surface area (Å²) in [5.41, 5.74) is 2.20. The third-order valence-corrected chi connectivity index (χ3v) is 5.02. The fourth-order valence-electron chi connectivity index (χ4n) is 2.66.